The average molecular weight is 909 g/mol. The van der Waals surface area contributed by atoms with Gasteiger partial charge in [-0.15, -0.1) is 0 Å². The average Bonchev–Trinajstić information content (AvgIpc) is 3.76. The van der Waals surface area contributed by atoms with E-state index in [4.69, 9.17) is 0 Å². The fourth-order valence-corrected chi connectivity index (χ4v) is 11.0. The minimum Gasteiger partial charge on any atom is -0.375 e. The number of piperidine rings is 3. The largest absolute Gasteiger partial charge is 0.375 e. The number of aryl methyl sites for hydroxylation is 1. The highest BCUT2D eigenvalue weighted by Crippen LogP contribution is 2.43. The number of aromatic nitrogens is 4. The van der Waals surface area contributed by atoms with Crippen molar-refractivity contribution in [2.75, 3.05) is 43.4 Å². The van der Waals surface area contributed by atoms with Gasteiger partial charge in [-0.2, -0.15) is 4.31 Å². The van der Waals surface area contributed by atoms with Crippen molar-refractivity contribution in [2.45, 2.75) is 76.3 Å². The molecule has 0 saturated carbocycles. The number of fused-ring (bicyclic) bond motifs is 2. The van der Waals surface area contributed by atoms with Crippen molar-refractivity contribution in [3.63, 3.8) is 0 Å². The van der Waals surface area contributed by atoms with Gasteiger partial charge in [0.2, 0.25) is 33.7 Å². The third kappa shape index (κ3) is 7.98. The molecule has 3 fully saturated rings. The van der Waals surface area contributed by atoms with Crippen molar-refractivity contribution < 1.29 is 41.2 Å². The van der Waals surface area contributed by atoms with Crippen LogP contribution in [0.25, 0.3) is 22.3 Å². The molecule has 5 amide bonds. The maximum Gasteiger partial charge on any atom is 0.264 e. The normalized spacial score (nSPS) is 19.0. The van der Waals surface area contributed by atoms with E-state index in [1.54, 1.807) is 42.2 Å². The Balaban J connectivity index is 0.783. The molecule has 6 heterocycles. The van der Waals surface area contributed by atoms with E-state index < -0.39 is 51.3 Å². The topological polar surface area (TPSA) is 209 Å². The minimum atomic E-state index is -3.84. The quantitative estimate of drug-likeness (QED) is 0.152. The van der Waals surface area contributed by atoms with Gasteiger partial charge in [0, 0.05) is 55.6 Å². The standard InChI is InChI=1S/C45H46F2N10O7S/c1-25(2)56-26(3)50-40-31(46)21-27(22-35(40)56)39-32(47)23-49-44(53-39)51-28-7-9-29(10-8-28)65(63,64)55-19-15-45(16-20-55)13-17-54(18-14-45)37(59)24-48-33-6-4-5-30-38(33)43(62)57(42(30)61)34-11-12-36(58)52-41(34)60/h4-10,21-23,25,34,48H,11-20,24H2,1-3H3,(H,49,51,53)(H,52,58,60). The third-order valence-corrected chi connectivity index (χ3v) is 15.0. The van der Waals surface area contributed by atoms with Gasteiger partial charge >= 0.3 is 0 Å². The highest BCUT2D eigenvalue weighted by molar-refractivity contribution is 7.89. The molecule has 1 unspecified atom stereocenters. The number of rotatable bonds is 10. The van der Waals surface area contributed by atoms with Crippen LogP contribution in [0.1, 0.15) is 85.0 Å². The van der Waals surface area contributed by atoms with E-state index in [0.29, 0.717) is 74.6 Å². The zero-order valence-corrected chi connectivity index (χ0v) is 36.7. The van der Waals surface area contributed by atoms with Gasteiger partial charge in [0.25, 0.3) is 11.8 Å². The van der Waals surface area contributed by atoms with Crippen molar-refractivity contribution >= 4 is 67.9 Å². The van der Waals surface area contributed by atoms with Crippen LogP contribution in [0.4, 0.5) is 26.1 Å². The first-order valence-corrected chi connectivity index (χ1v) is 22.9. The number of halogens is 2. The van der Waals surface area contributed by atoms with Gasteiger partial charge in [0.1, 0.15) is 23.1 Å². The van der Waals surface area contributed by atoms with Gasteiger partial charge in [-0.1, -0.05) is 6.07 Å². The molecule has 2 aromatic heterocycles. The fourth-order valence-electron chi connectivity index (χ4n) is 9.55. The Labute approximate surface area is 372 Å². The second-order valence-corrected chi connectivity index (χ2v) is 19.2. The van der Waals surface area contributed by atoms with Gasteiger partial charge in [-0.25, -0.2) is 32.2 Å². The molecular weight excluding hydrogens is 863 g/mol. The van der Waals surface area contributed by atoms with Crippen LogP contribution in [0.15, 0.2) is 65.7 Å². The monoisotopic (exact) mass is 908 g/mol. The summed E-state index contributed by atoms with van der Waals surface area (Å²) in [6, 6.07) is 12.5. The summed E-state index contributed by atoms with van der Waals surface area (Å²) in [7, 11) is -3.84. The highest BCUT2D eigenvalue weighted by atomic mass is 32.2. The number of imidazole rings is 1. The van der Waals surface area contributed by atoms with E-state index >= 15 is 8.78 Å². The first-order chi connectivity index (χ1) is 31.0. The number of sulfonamides is 1. The van der Waals surface area contributed by atoms with Gasteiger partial charge < -0.3 is 20.1 Å². The number of hydrogen-bond acceptors (Lipinski definition) is 12. The summed E-state index contributed by atoms with van der Waals surface area (Å²) in [5.41, 5.74) is 1.62. The first-order valence-electron chi connectivity index (χ1n) is 21.5. The molecule has 3 aromatic carbocycles. The van der Waals surface area contributed by atoms with Crippen LogP contribution in [-0.4, -0.2) is 110 Å². The second-order valence-electron chi connectivity index (χ2n) is 17.3. The van der Waals surface area contributed by atoms with Crippen LogP contribution in [0.3, 0.4) is 0 Å². The van der Waals surface area contributed by atoms with Crippen molar-refractivity contribution in [3.05, 3.63) is 89.4 Å². The summed E-state index contributed by atoms with van der Waals surface area (Å²) in [4.78, 5) is 79.7. The van der Waals surface area contributed by atoms with Gasteiger partial charge in [-0.3, -0.25) is 34.2 Å². The van der Waals surface area contributed by atoms with E-state index in [1.165, 1.54) is 28.6 Å². The van der Waals surface area contributed by atoms with Crippen LogP contribution in [0.5, 0.6) is 0 Å². The van der Waals surface area contributed by atoms with E-state index in [2.05, 4.69) is 30.9 Å². The maximum atomic E-state index is 15.2. The lowest BCUT2D eigenvalue weighted by atomic mass is 9.71. The lowest BCUT2D eigenvalue weighted by molar-refractivity contribution is -0.136. The van der Waals surface area contributed by atoms with Crippen LogP contribution >= 0.6 is 0 Å². The lowest BCUT2D eigenvalue weighted by Crippen LogP contribution is -2.54. The summed E-state index contributed by atoms with van der Waals surface area (Å²) < 4.78 is 61.2. The fraction of sp³-hybridized carbons (Fsp3) is 0.378. The molecular formula is C45H46F2N10O7S. The molecule has 4 aliphatic heterocycles. The van der Waals surface area contributed by atoms with Gasteiger partial charge in [-0.05, 0) is 107 Å². The molecule has 338 valence electrons. The number of carbonyl (C=O) groups is 5. The molecule has 1 atom stereocenters. The Hall–Kier alpha value is -6.67. The van der Waals surface area contributed by atoms with E-state index in [9.17, 15) is 32.4 Å². The number of hydrogen-bond donors (Lipinski definition) is 3. The highest BCUT2D eigenvalue weighted by Gasteiger charge is 2.46. The summed E-state index contributed by atoms with van der Waals surface area (Å²) in [6.07, 6.45) is 3.68. The van der Waals surface area contributed by atoms with Gasteiger partial charge in [0.15, 0.2) is 11.6 Å². The van der Waals surface area contributed by atoms with Crippen LogP contribution in [-0.2, 0) is 24.4 Å². The molecule has 20 heteroatoms. The number of nitrogens with one attached hydrogen (secondary N) is 3. The van der Waals surface area contributed by atoms with Crippen molar-refractivity contribution in [1.82, 2.24) is 38.9 Å². The second kappa shape index (κ2) is 16.7. The summed E-state index contributed by atoms with van der Waals surface area (Å²) in [5.74, 6) is -3.35. The number of amides is 5. The predicted molar refractivity (Wildman–Crippen MR) is 233 cm³/mol. The Morgan fingerprint density at radius 3 is 2.32 bits per heavy atom. The molecule has 0 aliphatic carbocycles. The SMILES string of the molecule is Cc1nc2c(F)cc(-c3nc(Nc4ccc(S(=O)(=O)N5CCC6(CCN(C(=O)CNc7cccc8c7C(=O)N(C7CCC(=O)NC7=O)C8=O)CC6)CC5)cc4)ncc3F)cc2n1C(C)C. The summed E-state index contributed by atoms with van der Waals surface area (Å²) >= 11 is 0. The molecule has 1 spiro atoms. The van der Waals surface area contributed by atoms with Crippen molar-refractivity contribution in [2.24, 2.45) is 5.41 Å². The van der Waals surface area contributed by atoms with E-state index in [1.807, 2.05) is 18.4 Å². The number of nitrogens with zero attached hydrogens (tertiary/aromatic N) is 7. The Bertz CT molecular complexity index is 2910. The summed E-state index contributed by atoms with van der Waals surface area (Å²) in [5, 5.41) is 8.20. The Morgan fingerprint density at radius 1 is 0.923 bits per heavy atom. The van der Waals surface area contributed by atoms with Crippen LogP contribution in [0.2, 0.25) is 0 Å². The smallest absolute Gasteiger partial charge is 0.264 e. The zero-order valence-electron chi connectivity index (χ0n) is 35.9. The van der Waals surface area contributed by atoms with Gasteiger partial charge in [0.05, 0.1) is 34.3 Å². The molecule has 17 nitrogen and oxygen atoms in total. The number of likely N-dealkylation sites (tertiary alicyclic amines) is 1. The number of benzene rings is 3. The molecule has 3 N–H and O–H groups in total. The predicted octanol–water partition coefficient (Wildman–Crippen LogP) is 5.31. The number of anilines is 3. The molecule has 9 rings (SSSR count). The molecule has 4 aliphatic rings. The minimum absolute atomic E-state index is 0.00463. The van der Waals surface area contributed by atoms with Crippen LogP contribution in [0, 0.1) is 24.0 Å². The Morgan fingerprint density at radius 2 is 1.63 bits per heavy atom. The van der Waals surface area contributed by atoms with Crippen molar-refractivity contribution in [3.8, 4) is 11.3 Å². The molecule has 0 radical (unpaired) electrons. The van der Waals surface area contributed by atoms with Crippen LogP contribution < -0.4 is 16.0 Å². The lowest BCUT2D eigenvalue weighted by Gasteiger charge is -2.46. The first kappa shape index (κ1) is 43.6. The van der Waals surface area contributed by atoms with E-state index in [-0.39, 0.29) is 75.5 Å². The molecule has 3 saturated heterocycles. The molecule has 5 aromatic rings. The third-order valence-electron chi connectivity index (χ3n) is 13.1. The number of carbonyl (C=O) groups excluding carboxylic acids is 5. The zero-order chi connectivity index (χ0) is 45.9. The summed E-state index contributed by atoms with van der Waals surface area (Å²) in [6.45, 7) is 7.13. The maximum absolute atomic E-state index is 15.2. The van der Waals surface area contributed by atoms with Crippen molar-refractivity contribution in [1.29, 1.82) is 0 Å². The van der Waals surface area contributed by atoms with E-state index in [0.717, 1.165) is 11.1 Å². The molecule has 65 heavy (non-hydrogen) atoms. The molecule has 0 bridgehead atoms. The number of imide groups is 2. The Kier molecular flexibility index (Phi) is 11.2.